The largest absolute Gasteiger partial charge is 0.516 e. The number of rotatable bonds is 6. The minimum absolute atomic E-state index is 0.271. The van der Waals surface area contributed by atoms with Crippen molar-refractivity contribution in [2.75, 3.05) is 11.8 Å². The molecule has 0 aliphatic heterocycles. The van der Waals surface area contributed by atoms with E-state index >= 15 is 0 Å². The fourth-order valence-electron chi connectivity index (χ4n) is 2.07. The molecule has 1 N–H and O–H groups in total. The standard InChI is InChI=1S/C14H10F4N2O7S2/c1-27-13-5-3-8(6-10(13)15)28(23,24)9-2-4-11(12(7-9)20(21)22)19-29(25,26)14(16,17)18/h2-7,19H,1H3. The van der Waals surface area contributed by atoms with Gasteiger partial charge in [-0.1, -0.05) is 0 Å². The molecule has 0 atom stereocenters. The van der Waals surface area contributed by atoms with Gasteiger partial charge < -0.3 is 4.74 Å². The van der Waals surface area contributed by atoms with Crippen LogP contribution in [0.1, 0.15) is 0 Å². The van der Waals surface area contributed by atoms with Gasteiger partial charge in [0, 0.05) is 6.07 Å². The number of sulfonamides is 1. The van der Waals surface area contributed by atoms with Crippen LogP contribution >= 0.6 is 0 Å². The Bertz CT molecular complexity index is 1180. The fourth-order valence-corrected chi connectivity index (χ4v) is 3.94. The van der Waals surface area contributed by atoms with Crippen LogP contribution in [0.3, 0.4) is 0 Å². The van der Waals surface area contributed by atoms with Gasteiger partial charge in [0.2, 0.25) is 9.84 Å². The van der Waals surface area contributed by atoms with Crippen LogP contribution in [0.2, 0.25) is 0 Å². The third kappa shape index (κ3) is 4.40. The molecule has 0 fully saturated rings. The zero-order chi connectivity index (χ0) is 22.2. The molecule has 2 aromatic rings. The number of nitrogens with zero attached hydrogens (tertiary/aromatic N) is 1. The van der Waals surface area contributed by atoms with E-state index in [0.29, 0.717) is 24.3 Å². The molecule has 0 bridgehead atoms. The van der Waals surface area contributed by atoms with E-state index in [4.69, 9.17) is 0 Å². The predicted molar refractivity (Wildman–Crippen MR) is 90.1 cm³/mol. The van der Waals surface area contributed by atoms with Crippen molar-refractivity contribution in [2.24, 2.45) is 0 Å². The third-order valence-electron chi connectivity index (χ3n) is 3.46. The summed E-state index contributed by atoms with van der Waals surface area (Å²) in [6.45, 7) is 0. The molecule has 2 rings (SSSR count). The average molecular weight is 458 g/mol. The second kappa shape index (κ2) is 7.47. The van der Waals surface area contributed by atoms with E-state index < -0.39 is 57.3 Å². The Morgan fingerprint density at radius 3 is 2.07 bits per heavy atom. The number of sulfone groups is 1. The molecular formula is C14H10F4N2O7S2. The van der Waals surface area contributed by atoms with Gasteiger partial charge in [-0.15, -0.1) is 0 Å². The molecule has 0 radical (unpaired) electrons. The molecule has 158 valence electrons. The highest BCUT2D eigenvalue weighted by molar-refractivity contribution is 7.93. The first-order valence-corrected chi connectivity index (χ1v) is 10.1. The average Bonchev–Trinajstić information content (AvgIpc) is 2.60. The number of hydrogen-bond acceptors (Lipinski definition) is 7. The van der Waals surface area contributed by atoms with Crippen molar-refractivity contribution in [3.05, 3.63) is 52.3 Å². The minimum Gasteiger partial charge on any atom is -0.494 e. The quantitative estimate of drug-likeness (QED) is 0.400. The normalized spacial score (nSPS) is 12.4. The van der Waals surface area contributed by atoms with Gasteiger partial charge in [-0.3, -0.25) is 14.8 Å². The summed E-state index contributed by atoms with van der Waals surface area (Å²) in [6, 6.07) is 3.99. The lowest BCUT2D eigenvalue weighted by Crippen LogP contribution is -2.30. The Labute approximate surface area is 161 Å². The Morgan fingerprint density at radius 1 is 1.03 bits per heavy atom. The van der Waals surface area contributed by atoms with E-state index in [-0.39, 0.29) is 5.75 Å². The van der Waals surface area contributed by atoms with Crippen molar-refractivity contribution < 1.29 is 44.1 Å². The zero-order valence-electron chi connectivity index (χ0n) is 14.1. The lowest BCUT2D eigenvalue weighted by molar-refractivity contribution is -0.384. The molecule has 9 nitrogen and oxygen atoms in total. The summed E-state index contributed by atoms with van der Waals surface area (Å²) in [5.41, 5.74) is -8.12. The van der Waals surface area contributed by atoms with Gasteiger partial charge >= 0.3 is 15.5 Å². The molecule has 15 heteroatoms. The highest BCUT2D eigenvalue weighted by Gasteiger charge is 2.46. The van der Waals surface area contributed by atoms with Crippen molar-refractivity contribution in [3.8, 4) is 5.75 Å². The van der Waals surface area contributed by atoms with Crippen LogP contribution in [0.5, 0.6) is 5.75 Å². The van der Waals surface area contributed by atoms with Gasteiger partial charge in [-0.05, 0) is 30.3 Å². The predicted octanol–water partition coefficient (Wildman–Crippen LogP) is 2.84. The van der Waals surface area contributed by atoms with Gasteiger partial charge in [0.25, 0.3) is 5.69 Å². The van der Waals surface area contributed by atoms with Crippen molar-refractivity contribution in [3.63, 3.8) is 0 Å². The lowest BCUT2D eigenvalue weighted by Gasteiger charge is -2.12. The second-order valence-corrected chi connectivity index (χ2v) is 8.91. The van der Waals surface area contributed by atoms with Gasteiger partial charge in [-0.25, -0.2) is 12.8 Å². The van der Waals surface area contributed by atoms with Crippen LogP contribution in [-0.4, -0.2) is 34.4 Å². The fraction of sp³-hybridized carbons (Fsp3) is 0.143. The highest BCUT2D eigenvalue weighted by atomic mass is 32.2. The SMILES string of the molecule is COc1ccc(S(=O)(=O)c2ccc(NS(=O)(=O)C(F)(F)F)c([N+](=O)[O-])c2)cc1F. The first-order chi connectivity index (χ1) is 13.2. The van der Waals surface area contributed by atoms with Crippen molar-refractivity contribution in [1.29, 1.82) is 0 Å². The van der Waals surface area contributed by atoms with Crippen LogP contribution in [0, 0.1) is 15.9 Å². The van der Waals surface area contributed by atoms with E-state index in [1.807, 2.05) is 0 Å². The molecule has 0 aromatic heterocycles. The summed E-state index contributed by atoms with van der Waals surface area (Å²) < 4.78 is 104. The van der Waals surface area contributed by atoms with E-state index in [0.717, 1.165) is 24.0 Å². The van der Waals surface area contributed by atoms with Crippen LogP contribution < -0.4 is 9.46 Å². The van der Waals surface area contributed by atoms with E-state index in [2.05, 4.69) is 4.74 Å². The van der Waals surface area contributed by atoms with E-state index in [1.54, 1.807) is 0 Å². The topological polar surface area (TPSA) is 133 Å². The number of anilines is 1. The second-order valence-electron chi connectivity index (χ2n) is 5.29. The van der Waals surface area contributed by atoms with Gasteiger partial charge in [0.15, 0.2) is 11.6 Å². The lowest BCUT2D eigenvalue weighted by atomic mass is 10.3. The van der Waals surface area contributed by atoms with Gasteiger partial charge in [0.1, 0.15) is 5.69 Å². The molecule has 0 unspecified atom stereocenters. The summed E-state index contributed by atoms with van der Waals surface area (Å²) in [4.78, 5) is 8.46. The first-order valence-electron chi connectivity index (χ1n) is 7.17. The molecular weight excluding hydrogens is 448 g/mol. The van der Waals surface area contributed by atoms with E-state index in [9.17, 15) is 44.5 Å². The number of halogens is 4. The van der Waals surface area contributed by atoms with Crippen LogP contribution in [0.25, 0.3) is 0 Å². The molecule has 2 aromatic carbocycles. The summed E-state index contributed by atoms with van der Waals surface area (Å²) >= 11 is 0. The summed E-state index contributed by atoms with van der Waals surface area (Å²) in [7, 11) is -9.38. The van der Waals surface area contributed by atoms with Crippen LogP contribution in [0.15, 0.2) is 46.2 Å². The van der Waals surface area contributed by atoms with Gasteiger partial charge in [0.05, 0.1) is 21.8 Å². The summed E-state index contributed by atoms with van der Waals surface area (Å²) in [6.07, 6.45) is 0. The Morgan fingerprint density at radius 2 is 1.59 bits per heavy atom. The monoisotopic (exact) mass is 458 g/mol. The molecule has 29 heavy (non-hydrogen) atoms. The number of benzene rings is 2. The summed E-state index contributed by atoms with van der Waals surface area (Å²) in [5.74, 6) is -1.32. The van der Waals surface area contributed by atoms with Crippen molar-refractivity contribution >= 4 is 31.2 Å². The maximum Gasteiger partial charge on any atom is 0.516 e. The smallest absolute Gasteiger partial charge is 0.494 e. The van der Waals surface area contributed by atoms with Gasteiger partial charge in [-0.2, -0.15) is 21.6 Å². The molecule has 0 heterocycles. The molecule has 0 aliphatic rings. The first kappa shape index (κ1) is 22.4. The number of nitrogens with one attached hydrogen (secondary N) is 1. The molecule has 0 spiro atoms. The Balaban J connectivity index is 2.57. The third-order valence-corrected chi connectivity index (χ3v) is 6.31. The molecule has 0 aliphatic carbocycles. The minimum atomic E-state index is -5.99. The number of methoxy groups -OCH3 is 1. The molecule has 0 amide bonds. The number of nitro benzene ring substituents is 1. The van der Waals surface area contributed by atoms with Crippen LogP contribution in [0.4, 0.5) is 28.9 Å². The molecule has 0 saturated heterocycles. The Hall–Kier alpha value is -2.94. The van der Waals surface area contributed by atoms with Crippen molar-refractivity contribution in [2.45, 2.75) is 15.3 Å². The number of ether oxygens (including phenoxy) is 1. The number of nitro groups is 1. The molecule has 0 saturated carbocycles. The van der Waals surface area contributed by atoms with Crippen molar-refractivity contribution in [1.82, 2.24) is 0 Å². The number of alkyl halides is 3. The Kier molecular flexibility index (Phi) is 5.76. The van der Waals surface area contributed by atoms with Crippen LogP contribution in [-0.2, 0) is 19.9 Å². The highest BCUT2D eigenvalue weighted by Crippen LogP contribution is 2.34. The summed E-state index contributed by atoms with van der Waals surface area (Å²) in [5, 5.41) is 11.1. The zero-order valence-corrected chi connectivity index (χ0v) is 15.7. The maximum absolute atomic E-state index is 13.8. The number of hydrogen-bond donors (Lipinski definition) is 1. The maximum atomic E-state index is 13.8. The van der Waals surface area contributed by atoms with E-state index in [1.165, 1.54) is 0 Å².